The average molecular weight is 416 g/mol. The van der Waals surface area contributed by atoms with Crippen molar-refractivity contribution in [3.8, 4) is 5.75 Å². The van der Waals surface area contributed by atoms with Crippen LogP contribution < -0.4 is 14.5 Å². The van der Waals surface area contributed by atoms with Gasteiger partial charge in [0.25, 0.3) is 0 Å². The van der Waals surface area contributed by atoms with E-state index in [0.29, 0.717) is 18.0 Å². The second-order valence-electron chi connectivity index (χ2n) is 6.79. The molecule has 2 aromatic carbocycles. The number of aromatic nitrogens is 2. The molecule has 158 valence electrons. The van der Waals surface area contributed by atoms with E-state index in [4.69, 9.17) is 4.74 Å². The van der Waals surface area contributed by atoms with Crippen molar-refractivity contribution in [3.05, 3.63) is 65.9 Å². The van der Waals surface area contributed by atoms with Crippen LogP contribution in [0.5, 0.6) is 5.75 Å². The summed E-state index contributed by atoms with van der Waals surface area (Å²) in [4.78, 5) is 11.3. The number of alkyl halides is 3. The molecule has 0 amide bonds. The Balaban J connectivity index is 2.00. The molecule has 0 aliphatic carbocycles. The molecule has 0 unspecified atom stereocenters. The molecule has 3 aromatic rings. The Morgan fingerprint density at radius 2 is 1.47 bits per heavy atom. The zero-order chi connectivity index (χ0) is 21.9. The van der Waals surface area contributed by atoms with Crippen molar-refractivity contribution in [1.82, 2.24) is 9.97 Å². The second-order valence-corrected chi connectivity index (χ2v) is 6.79. The van der Waals surface area contributed by atoms with E-state index < -0.39 is 11.7 Å². The van der Waals surface area contributed by atoms with Gasteiger partial charge in [0.05, 0.1) is 6.61 Å². The first-order valence-corrected chi connectivity index (χ1v) is 9.42. The van der Waals surface area contributed by atoms with Gasteiger partial charge in [-0.1, -0.05) is 17.7 Å². The van der Waals surface area contributed by atoms with Crippen LogP contribution in [-0.4, -0.2) is 30.7 Å². The van der Waals surface area contributed by atoms with Crippen LogP contribution in [0.3, 0.4) is 0 Å². The van der Waals surface area contributed by atoms with Crippen LogP contribution in [0.1, 0.15) is 18.1 Å². The second kappa shape index (κ2) is 8.61. The predicted molar refractivity (Wildman–Crippen MR) is 112 cm³/mol. The molecule has 1 aromatic heterocycles. The normalized spacial score (nSPS) is 11.3. The van der Waals surface area contributed by atoms with Crippen LogP contribution in [-0.2, 0) is 6.18 Å². The van der Waals surface area contributed by atoms with Gasteiger partial charge < -0.3 is 14.5 Å². The summed E-state index contributed by atoms with van der Waals surface area (Å²) in [7, 11) is 3.26. The van der Waals surface area contributed by atoms with Gasteiger partial charge in [0.1, 0.15) is 11.3 Å². The Hall–Kier alpha value is -3.29. The van der Waals surface area contributed by atoms with E-state index in [0.717, 1.165) is 17.4 Å². The molecular weight excluding hydrogens is 393 g/mol. The molecule has 30 heavy (non-hydrogen) atoms. The van der Waals surface area contributed by atoms with Gasteiger partial charge in [-0.05, 0) is 50.2 Å². The first kappa shape index (κ1) is 21.4. The quantitative estimate of drug-likeness (QED) is 0.513. The zero-order valence-corrected chi connectivity index (χ0v) is 17.2. The maximum atomic E-state index is 13.6. The van der Waals surface area contributed by atoms with Gasteiger partial charge in [-0.3, -0.25) is 0 Å². The number of nitrogens with zero attached hydrogens (tertiary/aromatic N) is 4. The summed E-state index contributed by atoms with van der Waals surface area (Å²) in [6.45, 7) is 4.35. The number of hydrogen-bond donors (Lipinski definition) is 0. The molecular formula is C22H23F3N4O. The topological polar surface area (TPSA) is 41.5 Å². The monoisotopic (exact) mass is 416 g/mol. The van der Waals surface area contributed by atoms with Gasteiger partial charge in [0, 0.05) is 31.7 Å². The van der Waals surface area contributed by atoms with Crippen molar-refractivity contribution in [2.24, 2.45) is 0 Å². The molecule has 3 rings (SSSR count). The fourth-order valence-corrected chi connectivity index (χ4v) is 2.92. The highest BCUT2D eigenvalue weighted by Gasteiger charge is 2.37. The molecule has 0 spiro atoms. The Kier molecular flexibility index (Phi) is 6.14. The van der Waals surface area contributed by atoms with E-state index in [1.165, 1.54) is 4.90 Å². The highest BCUT2D eigenvalue weighted by atomic mass is 19.4. The number of hydrogen-bond acceptors (Lipinski definition) is 5. The fourth-order valence-electron chi connectivity index (χ4n) is 2.92. The lowest BCUT2D eigenvalue weighted by Gasteiger charge is -2.25. The Morgan fingerprint density at radius 3 is 2.03 bits per heavy atom. The van der Waals surface area contributed by atoms with Gasteiger partial charge in [0.2, 0.25) is 5.95 Å². The van der Waals surface area contributed by atoms with Crippen LogP contribution in [0, 0.1) is 6.92 Å². The molecule has 0 N–H and O–H groups in total. The van der Waals surface area contributed by atoms with Gasteiger partial charge in [0.15, 0.2) is 5.82 Å². The fraction of sp³-hybridized carbons (Fsp3) is 0.273. The predicted octanol–water partition coefficient (Wildman–Crippen LogP) is 5.74. The van der Waals surface area contributed by atoms with Gasteiger partial charge in [-0.2, -0.15) is 18.2 Å². The Bertz CT molecular complexity index is 989. The summed E-state index contributed by atoms with van der Waals surface area (Å²) in [5, 5.41) is 0. The third-order valence-corrected chi connectivity index (χ3v) is 4.64. The van der Waals surface area contributed by atoms with Crippen LogP contribution >= 0.6 is 0 Å². The maximum Gasteiger partial charge on any atom is 0.421 e. The molecule has 0 radical (unpaired) electrons. The SMILES string of the molecule is CCOc1ccc(N(C)c2ncc(C(F)(F)F)c(N(C)c3ccc(C)cc3)n2)cc1. The molecule has 0 saturated heterocycles. The maximum absolute atomic E-state index is 13.6. The minimum Gasteiger partial charge on any atom is -0.494 e. The highest BCUT2D eigenvalue weighted by molar-refractivity contribution is 5.66. The first-order chi connectivity index (χ1) is 14.2. The van der Waals surface area contributed by atoms with Crippen LogP contribution in [0.25, 0.3) is 0 Å². The zero-order valence-electron chi connectivity index (χ0n) is 17.2. The van der Waals surface area contributed by atoms with Crippen molar-refractivity contribution < 1.29 is 17.9 Å². The van der Waals surface area contributed by atoms with Crippen molar-refractivity contribution in [1.29, 1.82) is 0 Å². The number of aryl methyl sites for hydroxylation is 1. The van der Waals surface area contributed by atoms with Gasteiger partial charge in [-0.25, -0.2) is 4.98 Å². The third kappa shape index (κ3) is 4.64. The average Bonchev–Trinajstić information content (AvgIpc) is 2.73. The van der Waals surface area contributed by atoms with Crippen molar-refractivity contribution in [2.45, 2.75) is 20.0 Å². The number of ether oxygens (including phenoxy) is 1. The Morgan fingerprint density at radius 1 is 0.900 bits per heavy atom. The summed E-state index contributed by atoms with van der Waals surface area (Å²) < 4.78 is 46.3. The third-order valence-electron chi connectivity index (χ3n) is 4.64. The molecule has 1 heterocycles. The molecule has 5 nitrogen and oxygen atoms in total. The van der Waals surface area contributed by atoms with E-state index in [1.54, 1.807) is 55.4 Å². The van der Waals surface area contributed by atoms with E-state index in [9.17, 15) is 13.2 Å². The molecule has 0 atom stereocenters. The number of halogens is 3. The summed E-state index contributed by atoms with van der Waals surface area (Å²) in [5.41, 5.74) is 1.44. The van der Waals surface area contributed by atoms with Gasteiger partial charge in [-0.15, -0.1) is 0 Å². The summed E-state index contributed by atoms with van der Waals surface area (Å²) in [5.74, 6) is 0.651. The molecule has 0 aliphatic rings. The van der Waals surface area contributed by atoms with Crippen molar-refractivity contribution >= 4 is 23.1 Å². The smallest absolute Gasteiger partial charge is 0.421 e. The van der Waals surface area contributed by atoms with E-state index in [1.807, 2.05) is 26.0 Å². The molecule has 0 aliphatic heterocycles. The number of benzene rings is 2. The lowest BCUT2D eigenvalue weighted by Crippen LogP contribution is -2.21. The highest BCUT2D eigenvalue weighted by Crippen LogP contribution is 2.38. The Labute approximate surface area is 173 Å². The first-order valence-electron chi connectivity index (χ1n) is 9.42. The number of rotatable bonds is 6. The van der Waals surface area contributed by atoms with Crippen molar-refractivity contribution in [3.63, 3.8) is 0 Å². The van der Waals surface area contributed by atoms with Gasteiger partial charge >= 0.3 is 6.18 Å². The standard InChI is InChI=1S/C22H23F3N4O/c1-5-30-18-12-10-17(11-13-18)29(4)21-26-14-19(22(23,24)25)20(27-21)28(3)16-8-6-15(2)7-9-16/h6-14H,5H2,1-4H3. The lowest BCUT2D eigenvalue weighted by atomic mass is 10.2. The van der Waals surface area contributed by atoms with Crippen LogP contribution in [0.15, 0.2) is 54.7 Å². The van der Waals surface area contributed by atoms with Crippen LogP contribution in [0.2, 0.25) is 0 Å². The van der Waals surface area contributed by atoms with Crippen molar-refractivity contribution in [2.75, 3.05) is 30.5 Å². The molecule has 0 fully saturated rings. The lowest BCUT2D eigenvalue weighted by molar-refractivity contribution is -0.137. The summed E-state index contributed by atoms with van der Waals surface area (Å²) in [6.07, 6.45) is -3.75. The number of anilines is 4. The van der Waals surface area contributed by atoms with E-state index in [-0.39, 0.29) is 11.8 Å². The summed E-state index contributed by atoms with van der Waals surface area (Å²) >= 11 is 0. The molecule has 8 heteroatoms. The summed E-state index contributed by atoms with van der Waals surface area (Å²) in [6, 6.07) is 14.4. The largest absolute Gasteiger partial charge is 0.494 e. The van der Waals surface area contributed by atoms with E-state index in [2.05, 4.69) is 9.97 Å². The minimum atomic E-state index is -4.58. The van der Waals surface area contributed by atoms with Crippen LogP contribution in [0.4, 0.5) is 36.3 Å². The minimum absolute atomic E-state index is 0.154. The van der Waals surface area contributed by atoms with E-state index >= 15 is 0 Å². The molecule has 0 bridgehead atoms. The molecule has 0 saturated carbocycles.